The second-order valence-corrected chi connectivity index (χ2v) is 9.09. The number of aromatic nitrogens is 4. The minimum Gasteiger partial charge on any atom is -0.478 e. The molecule has 0 aliphatic rings. The highest BCUT2D eigenvalue weighted by Gasteiger charge is 2.30. The number of nitrogens with one attached hydrogen (secondary N) is 1. The number of carboxylic acid groups (broad SMARTS) is 1. The zero-order chi connectivity index (χ0) is 26.9. The zero-order valence-electron chi connectivity index (χ0n) is 19.4. The average Bonchev–Trinajstić information content (AvgIpc) is 3.57. The molecule has 5 aromatic rings. The molecule has 0 saturated heterocycles. The van der Waals surface area contributed by atoms with Gasteiger partial charge in [0.25, 0.3) is 5.91 Å². The van der Waals surface area contributed by atoms with Crippen molar-refractivity contribution >= 4 is 34.4 Å². The first kappa shape index (κ1) is 25.1. The number of rotatable bonds is 7. The van der Waals surface area contributed by atoms with Crippen LogP contribution >= 0.6 is 11.5 Å². The van der Waals surface area contributed by atoms with Crippen LogP contribution in [0, 0.1) is 0 Å². The minimum absolute atomic E-state index is 0.102. The number of carbonyl (C=O) groups excluding carboxylic acids is 1. The molecule has 0 bridgehead atoms. The van der Waals surface area contributed by atoms with Crippen LogP contribution in [0.15, 0.2) is 72.2 Å². The standard InChI is InChI=1S/C26H18F3N5O3S/c27-26(28,29)20-7-3-16(4-8-20)13-34-23-21(9-18(10-22(23)32-33-34)19-12-31-38-14-19)24(35)30-11-15-1-5-17(6-2-15)25(36)37/h1-10,12,14H,11,13H2,(H,30,35)(H,36,37). The third-order valence-electron chi connectivity index (χ3n) is 5.89. The van der Waals surface area contributed by atoms with Gasteiger partial charge in [0.05, 0.1) is 23.2 Å². The predicted molar refractivity (Wildman–Crippen MR) is 134 cm³/mol. The summed E-state index contributed by atoms with van der Waals surface area (Å²) in [5, 5.41) is 22.1. The summed E-state index contributed by atoms with van der Waals surface area (Å²) in [5.41, 5.74) is 3.30. The maximum Gasteiger partial charge on any atom is 0.416 e. The second-order valence-electron chi connectivity index (χ2n) is 8.43. The summed E-state index contributed by atoms with van der Waals surface area (Å²) < 4.78 is 44.4. The third-order valence-corrected chi connectivity index (χ3v) is 6.47. The first-order chi connectivity index (χ1) is 18.2. The molecule has 8 nitrogen and oxygen atoms in total. The monoisotopic (exact) mass is 537 g/mol. The smallest absolute Gasteiger partial charge is 0.416 e. The molecule has 2 heterocycles. The fourth-order valence-corrected chi connectivity index (χ4v) is 4.47. The molecule has 12 heteroatoms. The Labute approximate surface area is 217 Å². The van der Waals surface area contributed by atoms with Gasteiger partial charge in [-0.25, -0.2) is 13.8 Å². The highest BCUT2D eigenvalue weighted by atomic mass is 32.1. The number of halogens is 3. The minimum atomic E-state index is -4.44. The Morgan fingerprint density at radius 2 is 1.68 bits per heavy atom. The lowest BCUT2D eigenvalue weighted by Gasteiger charge is -2.11. The Bertz CT molecular complexity index is 1610. The molecule has 0 fully saturated rings. The number of carboxylic acids is 1. The van der Waals surface area contributed by atoms with E-state index in [0.29, 0.717) is 27.7 Å². The van der Waals surface area contributed by atoms with Crippen LogP contribution in [-0.2, 0) is 19.3 Å². The van der Waals surface area contributed by atoms with Crippen LogP contribution in [0.4, 0.5) is 13.2 Å². The fraction of sp³-hybridized carbons (Fsp3) is 0.115. The van der Waals surface area contributed by atoms with Gasteiger partial charge in [-0.05, 0) is 64.6 Å². The topological polar surface area (TPSA) is 110 Å². The number of nitrogens with zero attached hydrogens (tertiary/aromatic N) is 4. The van der Waals surface area contributed by atoms with Crippen molar-refractivity contribution in [3.63, 3.8) is 0 Å². The normalized spacial score (nSPS) is 11.6. The van der Waals surface area contributed by atoms with E-state index in [-0.39, 0.29) is 24.2 Å². The molecule has 3 aromatic carbocycles. The van der Waals surface area contributed by atoms with Crippen LogP contribution in [0.2, 0.25) is 0 Å². The zero-order valence-corrected chi connectivity index (χ0v) is 20.3. The SMILES string of the molecule is O=C(O)c1ccc(CNC(=O)c2cc(-c3cnsc3)cc3nnn(Cc4ccc(C(F)(F)F)cc4)c23)cc1. The number of amides is 1. The van der Waals surface area contributed by atoms with Crippen molar-refractivity contribution in [3.05, 3.63) is 100 Å². The molecule has 2 aromatic heterocycles. The van der Waals surface area contributed by atoms with Gasteiger partial charge in [-0.3, -0.25) is 4.79 Å². The van der Waals surface area contributed by atoms with E-state index in [2.05, 4.69) is 20.0 Å². The summed E-state index contributed by atoms with van der Waals surface area (Å²) in [6, 6.07) is 14.3. The van der Waals surface area contributed by atoms with Crippen LogP contribution in [0.5, 0.6) is 0 Å². The summed E-state index contributed by atoms with van der Waals surface area (Å²) in [6.45, 7) is 0.246. The largest absolute Gasteiger partial charge is 0.478 e. The van der Waals surface area contributed by atoms with Crippen molar-refractivity contribution in [1.82, 2.24) is 24.7 Å². The van der Waals surface area contributed by atoms with E-state index in [1.165, 1.54) is 40.5 Å². The number of hydrogen-bond donors (Lipinski definition) is 2. The molecule has 192 valence electrons. The van der Waals surface area contributed by atoms with Crippen LogP contribution in [0.3, 0.4) is 0 Å². The quantitative estimate of drug-likeness (QED) is 0.294. The van der Waals surface area contributed by atoms with Crippen molar-refractivity contribution in [2.75, 3.05) is 0 Å². The summed E-state index contributed by atoms with van der Waals surface area (Å²) in [4.78, 5) is 24.5. The van der Waals surface area contributed by atoms with E-state index in [4.69, 9.17) is 5.11 Å². The molecule has 2 N–H and O–H groups in total. The molecule has 0 unspecified atom stereocenters. The Kier molecular flexibility index (Phi) is 6.64. The predicted octanol–water partition coefficient (Wildman–Crippen LogP) is 5.25. The Hall–Kier alpha value is -4.58. The lowest BCUT2D eigenvalue weighted by molar-refractivity contribution is -0.137. The lowest BCUT2D eigenvalue weighted by Crippen LogP contribution is -2.24. The van der Waals surface area contributed by atoms with Gasteiger partial charge in [0.1, 0.15) is 11.0 Å². The molecule has 0 radical (unpaired) electrons. The van der Waals surface area contributed by atoms with Gasteiger partial charge in [0.15, 0.2) is 0 Å². The van der Waals surface area contributed by atoms with Crippen LogP contribution in [-0.4, -0.2) is 36.4 Å². The van der Waals surface area contributed by atoms with Gasteiger partial charge in [0, 0.05) is 23.7 Å². The molecule has 0 atom stereocenters. The molecule has 0 saturated carbocycles. The first-order valence-corrected chi connectivity index (χ1v) is 12.1. The number of benzene rings is 3. The third kappa shape index (κ3) is 5.25. The van der Waals surface area contributed by atoms with Crippen molar-refractivity contribution in [2.24, 2.45) is 0 Å². The molecule has 5 rings (SSSR count). The lowest BCUT2D eigenvalue weighted by atomic mass is 10.0. The number of aromatic carboxylic acids is 1. The van der Waals surface area contributed by atoms with E-state index in [1.807, 2.05) is 5.38 Å². The highest BCUT2D eigenvalue weighted by molar-refractivity contribution is 7.03. The Morgan fingerprint density at radius 3 is 2.32 bits per heavy atom. The van der Waals surface area contributed by atoms with E-state index >= 15 is 0 Å². The van der Waals surface area contributed by atoms with Crippen molar-refractivity contribution < 1.29 is 27.9 Å². The molecular formula is C26H18F3N5O3S. The van der Waals surface area contributed by atoms with E-state index in [0.717, 1.165) is 17.7 Å². The van der Waals surface area contributed by atoms with Crippen molar-refractivity contribution in [2.45, 2.75) is 19.3 Å². The molecule has 1 amide bonds. The van der Waals surface area contributed by atoms with E-state index < -0.39 is 23.6 Å². The first-order valence-electron chi connectivity index (χ1n) is 11.2. The van der Waals surface area contributed by atoms with Crippen LogP contribution < -0.4 is 5.32 Å². The van der Waals surface area contributed by atoms with Crippen LogP contribution in [0.1, 0.15) is 37.4 Å². The number of alkyl halides is 3. The molecular weight excluding hydrogens is 519 g/mol. The van der Waals surface area contributed by atoms with Gasteiger partial charge in [0.2, 0.25) is 0 Å². The van der Waals surface area contributed by atoms with Gasteiger partial charge in [-0.15, -0.1) is 5.10 Å². The molecule has 0 aliphatic heterocycles. The summed E-state index contributed by atoms with van der Waals surface area (Å²) in [5.74, 6) is -1.46. The maximum atomic E-state index is 13.4. The second kappa shape index (κ2) is 10.1. The fourth-order valence-electron chi connectivity index (χ4n) is 3.93. The molecule has 38 heavy (non-hydrogen) atoms. The maximum absolute atomic E-state index is 13.4. The van der Waals surface area contributed by atoms with Gasteiger partial charge in [-0.1, -0.05) is 29.5 Å². The van der Waals surface area contributed by atoms with Crippen LogP contribution in [0.25, 0.3) is 22.2 Å². The molecule has 0 spiro atoms. The summed E-state index contributed by atoms with van der Waals surface area (Å²) in [7, 11) is 0. The summed E-state index contributed by atoms with van der Waals surface area (Å²) >= 11 is 1.26. The molecule has 0 aliphatic carbocycles. The van der Waals surface area contributed by atoms with E-state index in [1.54, 1.807) is 30.5 Å². The highest BCUT2D eigenvalue weighted by Crippen LogP contribution is 2.30. The van der Waals surface area contributed by atoms with Crippen molar-refractivity contribution in [1.29, 1.82) is 0 Å². The average molecular weight is 538 g/mol. The van der Waals surface area contributed by atoms with Gasteiger partial charge >= 0.3 is 12.1 Å². The Morgan fingerprint density at radius 1 is 0.974 bits per heavy atom. The van der Waals surface area contributed by atoms with Gasteiger partial charge in [-0.2, -0.15) is 13.2 Å². The summed E-state index contributed by atoms with van der Waals surface area (Å²) in [6.07, 6.45) is -2.77. The Balaban J connectivity index is 1.47. The van der Waals surface area contributed by atoms with Crippen molar-refractivity contribution in [3.8, 4) is 11.1 Å². The van der Waals surface area contributed by atoms with Gasteiger partial charge < -0.3 is 10.4 Å². The number of hydrogen-bond acceptors (Lipinski definition) is 6. The number of fused-ring (bicyclic) bond motifs is 1. The van der Waals surface area contributed by atoms with E-state index in [9.17, 15) is 22.8 Å². The number of carbonyl (C=O) groups is 2.